The number of hydrogen-bond donors (Lipinski definition) is 2. The molecule has 0 aliphatic heterocycles. The molecule has 0 bridgehead atoms. The molecule has 0 heterocycles. The monoisotopic (exact) mass is 221 g/mol. The second-order valence-corrected chi connectivity index (χ2v) is 3.21. The highest BCUT2D eigenvalue weighted by atomic mass is 16.5. The van der Waals surface area contributed by atoms with Crippen molar-refractivity contribution in [1.82, 2.24) is 0 Å². The molecule has 2 N–H and O–H groups in total. The molecule has 0 atom stereocenters. The molecule has 0 unspecified atom stereocenters. The van der Waals surface area contributed by atoms with Gasteiger partial charge in [0, 0.05) is 31.0 Å². The van der Waals surface area contributed by atoms with E-state index in [0.717, 1.165) is 17.3 Å². The Kier molecular flexibility index (Phi) is 5.08. The van der Waals surface area contributed by atoms with Crippen LogP contribution in [0.5, 0.6) is 0 Å². The number of aliphatic carboxylic acids is 1. The van der Waals surface area contributed by atoms with Crippen LogP contribution in [-0.4, -0.2) is 24.7 Å². The van der Waals surface area contributed by atoms with Crippen molar-refractivity contribution in [3.05, 3.63) is 42.0 Å². The molecule has 0 saturated heterocycles. The van der Waals surface area contributed by atoms with E-state index < -0.39 is 5.97 Å². The Labute approximate surface area is 94.6 Å². The van der Waals surface area contributed by atoms with Crippen LogP contribution in [0.1, 0.15) is 5.56 Å². The van der Waals surface area contributed by atoms with Crippen molar-refractivity contribution in [2.75, 3.05) is 19.0 Å². The maximum absolute atomic E-state index is 10.2. The Balaban J connectivity index is 2.55. The predicted molar refractivity (Wildman–Crippen MR) is 62.4 cm³/mol. The van der Waals surface area contributed by atoms with Crippen LogP contribution in [0.15, 0.2) is 36.4 Å². The summed E-state index contributed by atoms with van der Waals surface area (Å²) >= 11 is 0. The van der Waals surface area contributed by atoms with Crippen molar-refractivity contribution in [3.63, 3.8) is 0 Å². The summed E-state index contributed by atoms with van der Waals surface area (Å²) in [5.41, 5.74) is 2.01. The summed E-state index contributed by atoms with van der Waals surface area (Å²) in [5.74, 6) is -0.938. The number of hydrogen-bond acceptors (Lipinski definition) is 3. The van der Waals surface area contributed by atoms with Gasteiger partial charge < -0.3 is 15.2 Å². The lowest BCUT2D eigenvalue weighted by molar-refractivity contribution is -0.131. The van der Waals surface area contributed by atoms with Crippen LogP contribution in [-0.2, 0) is 16.1 Å². The number of para-hydroxylation sites is 1. The first kappa shape index (κ1) is 12.3. The first-order valence-electron chi connectivity index (χ1n) is 4.94. The molecule has 16 heavy (non-hydrogen) atoms. The molecule has 86 valence electrons. The number of anilines is 1. The van der Waals surface area contributed by atoms with E-state index in [1.54, 1.807) is 13.2 Å². The number of nitrogens with one attached hydrogen (secondary N) is 1. The van der Waals surface area contributed by atoms with Crippen molar-refractivity contribution in [2.24, 2.45) is 0 Å². The van der Waals surface area contributed by atoms with Crippen LogP contribution in [0, 0.1) is 0 Å². The Bertz CT molecular complexity index is 374. The van der Waals surface area contributed by atoms with Crippen molar-refractivity contribution < 1.29 is 14.6 Å². The minimum Gasteiger partial charge on any atom is -0.478 e. The van der Waals surface area contributed by atoms with Gasteiger partial charge >= 0.3 is 5.97 Å². The van der Waals surface area contributed by atoms with Crippen LogP contribution in [0.3, 0.4) is 0 Å². The Morgan fingerprint density at radius 3 is 2.94 bits per heavy atom. The summed E-state index contributed by atoms with van der Waals surface area (Å²) < 4.78 is 5.06. The minimum absolute atomic E-state index is 0.479. The maximum Gasteiger partial charge on any atom is 0.328 e. The van der Waals surface area contributed by atoms with E-state index in [4.69, 9.17) is 9.84 Å². The van der Waals surface area contributed by atoms with E-state index in [0.29, 0.717) is 13.2 Å². The molecule has 1 aromatic carbocycles. The van der Waals surface area contributed by atoms with Crippen LogP contribution in [0.2, 0.25) is 0 Å². The smallest absolute Gasteiger partial charge is 0.328 e. The maximum atomic E-state index is 10.2. The third-order valence-corrected chi connectivity index (χ3v) is 1.99. The normalized spacial score (nSPS) is 10.6. The van der Waals surface area contributed by atoms with Gasteiger partial charge in [-0.1, -0.05) is 24.3 Å². The number of benzene rings is 1. The zero-order valence-corrected chi connectivity index (χ0v) is 9.14. The summed E-state index contributed by atoms with van der Waals surface area (Å²) in [6.07, 6.45) is 2.68. The molecule has 1 aromatic rings. The van der Waals surface area contributed by atoms with Gasteiger partial charge in [-0.25, -0.2) is 4.79 Å². The van der Waals surface area contributed by atoms with Gasteiger partial charge in [0.05, 0.1) is 6.61 Å². The fourth-order valence-corrected chi connectivity index (χ4v) is 1.30. The molecule has 4 heteroatoms. The molecule has 1 rings (SSSR count). The lowest BCUT2D eigenvalue weighted by atomic mass is 10.2. The summed E-state index contributed by atoms with van der Waals surface area (Å²) in [6, 6.07) is 7.75. The average Bonchev–Trinajstić information content (AvgIpc) is 2.26. The van der Waals surface area contributed by atoms with Crippen LogP contribution >= 0.6 is 0 Å². The number of carboxylic acid groups (broad SMARTS) is 1. The van der Waals surface area contributed by atoms with Crippen LogP contribution < -0.4 is 5.32 Å². The van der Waals surface area contributed by atoms with E-state index in [9.17, 15) is 4.79 Å². The first-order chi connectivity index (χ1) is 7.74. The Morgan fingerprint density at radius 1 is 1.50 bits per heavy atom. The van der Waals surface area contributed by atoms with Gasteiger partial charge in [0.15, 0.2) is 0 Å². The first-order valence-corrected chi connectivity index (χ1v) is 4.94. The van der Waals surface area contributed by atoms with E-state index in [1.807, 2.05) is 24.3 Å². The number of carboxylic acids is 1. The van der Waals surface area contributed by atoms with E-state index in [-0.39, 0.29) is 0 Å². The molecule has 0 saturated carbocycles. The lowest BCUT2D eigenvalue weighted by Gasteiger charge is -2.09. The topological polar surface area (TPSA) is 58.6 Å². The van der Waals surface area contributed by atoms with Gasteiger partial charge in [0.2, 0.25) is 0 Å². The molecule has 0 amide bonds. The molecule has 0 fully saturated rings. The highest BCUT2D eigenvalue weighted by Gasteiger charge is 1.98. The average molecular weight is 221 g/mol. The largest absolute Gasteiger partial charge is 0.478 e. The minimum atomic E-state index is -0.938. The van der Waals surface area contributed by atoms with Gasteiger partial charge in [0.25, 0.3) is 0 Å². The predicted octanol–water partition coefficient (Wildman–Crippen LogP) is 1.89. The summed E-state index contributed by atoms with van der Waals surface area (Å²) in [4.78, 5) is 10.2. The number of methoxy groups -OCH3 is 1. The molecule has 0 radical (unpaired) electrons. The zero-order valence-electron chi connectivity index (χ0n) is 9.14. The molecular weight excluding hydrogens is 206 g/mol. The molecule has 0 aromatic heterocycles. The second-order valence-electron chi connectivity index (χ2n) is 3.21. The van der Waals surface area contributed by atoms with E-state index >= 15 is 0 Å². The van der Waals surface area contributed by atoms with E-state index in [2.05, 4.69) is 5.32 Å². The second kappa shape index (κ2) is 6.63. The van der Waals surface area contributed by atoms with E-state index in [1.165, 1.54) is 0 Å². The van der Waals surface area contributed by atoms with Crippen molar-refractivity contribution in [3.8, 4) is 0 Å². The highest BCUT2D eigenvalue weighted by Crippen LogP contribution is 2.15. The van der Waals surface area contributed by atoms with Gasteiger partial charge in [-0.3, -0.25) is 0 Å². The number of rotatable bonds is 6. The quantitative estimate of drug-likeness (QED) is 0.720. The summed E-state index contributed by atoms with van der Waals surface area (Å²) in [7, 11) is 1.64. The van der Waals surface area contributed by atoms with Crippen LogP contribution in [0.25, 0.3) is 0 Å². The molecule has 0 aliphatic carbocycles. The SMILES string of the molecule is COCc1ccccc1NC/C=C/C(=O)O. The fraction of sp³-hybridized carbons (Fsp3) is 0.250. The standard InChI is InChI=1S/C12H15NO3/c1-16-9-10-5-2-3-6-11(10)13-8-4-7-12(14)15/h2-7,13H,8-9H2,1H3,(H,14,15)/b7-4+. The van der Waals surface area contributed by atoms with Crippen LogP contribution in [0.4, 0.5) is 5.69 Å². The highest BCUT2D eigenvalue weighted by molar-refractivity contribution is 5.79. The number of ether oxygens (including phenoxy) is 1. The molecular formula is C12H15NO3. The molecule has 0 spiro atoms. The third-order valence-electron chi connectivity index (χ3n) is 1.99. The van der Waals surface area contributed by atoms with Gasteiger partial charge in [-0.15, -0.1) is 0 Å². The van der Waals surface area contributed by atoms with Crippen molar-refractivity contribution in [2.45, 2.75) is 6.61 Å². The number of carbonyl (C=O) groups is 1. The van der Waals surface area contributed by atoms with Gasteiger partial charge in [-0.05, 0) is 6.07 Å². The van der Waals surface area contributed by atoms with Crippen molar-refractivity contribution in [1.29, 1.82) is 0 Å². The van der Waals surface area contributed by atoms with Crippen molar-refractivity contribution >= 4 is 11.7 Å². The summed E-state index contributed by atoms with van der Waals surface area (Å²) in [6.45, 7) is 1.01. The fourth-order valence-electron chi connectivity index (χ4n) is 1.30. The third kappa shape index (κ3) is 4.14. The Hall–Kier alpha value is -1.81. The molecule has 0 aliphatic rings. The Morgan fingerprint density at radius 2 is 2.25 bits per heavy atom. The lowest BCUT2D eigenvalue weighted by Crippen LogP contribution is -2.03. The van der Waals surface area contributed by atoms with Gasteiger partial charge in [-0.2, -0.15) is 0 Å². The zero-order chi connectivity index (χ0) is 11.8. The van der Waals surface area contributed by atoms with Gasteiger partial charge in [0.1, 0.15) is 0 Å². The summed E-state index contributed by atoms with van der Waals surface area (Å²) in [5, 5.41) is 11.5. The molecule has 4 nitrogen and oxygen atoms in total.